The molecule has 1 unspecified atom stereocenters. The number of rotatable bonds is 4. The van der Waals surface area contributed by atoms with Gasteiger partial charge >= 0.3 is 0 Å². The van der Waals surface area contributed by atoms with Crippen molar-refractivity contribution in [1.29, 1.82) is 0 Å². The molecule has 0 bridgehead atoms. The van der Waals surface area contributed by atoms with Crippen LogP contribution in [0.25, 0.3) is 0 Å². The Morgan fingerprint density at radius 1 is 1.58 bits per heavy atom. The first-order valence-electron chi connectivity index (χ1n) is 6.39. The molecule has 5 nitrogen and oxygen atoms in total. The lowest BCUT2D eigenvalue weighted by atomic mass is 10.3. The van der Waals surface area contributed by atoms with E-state index in [4.69, 9.17) is 0 Å². The minimum absolute atomic E-state index is 0.0164. The van der Waals surface area contributed by atoms with Crippen molar-refractivity contribution in [2.24, 2.45) is 0 Å². The van der Waals surface area contributed by atoms with E-state index in [9.17, 15) is 4.79 Å². The van der Waals surface area contributed by atoms with Crippen LogP contribution in [0.3, 0.4) is 0 Å². The van der Waals surface area contributed by atoms with E-state index in [1.165, 1.54) is 0 Å². The van der Waals surface area contributed by atoms with E-state index in [0.717, 1.165) is 24.4 Å². The fourth-order valence-corrected chi connectivity index (χ4v) is 2.94. The van der Waals surface area contributed by atoms with Gasteiger partial charge in [-0.3, -0.25) is 9.48 Å². The third-order valence-corrected chi connectivity index (χ3v) is 4.08. The van der Waals surface area contributed by atoms with Gasteiger partial charge in [0.05, 0.1) is 12.5 Å². The maximum absolute atomic E-state index is 11.8. The lowest BCUT2D eigenvalue weighted by Crippen LogP contribution is -2.16. The molecule has 0 radical (unpaired) electrons. The average Bonchev–Trinajstić information content (AvgIpc) is 3.09. The quantitative estimate of drug-likeness (QED) is 0.893. The first-order chi connectivity index (χ1) is 9.31. The molecule has 6 heteroatoms. The van der Waals surface area contributed by atoms with Gasteiger partial charge in [-0.2, -0.15) is 5.10 Å². The number of hydrogen-bond donors (Lipinski definition) is 2. The molecule has 1 atom stereocenters. The lowest BCUT2D eigenvalue weighted by molar-refractivity contribution is -0.115. The van der Waals surface area contributed by atoms with E-state index in [0.29, 0.717) is 18.3 Å². The van der Waals surface area contributed by atoms with Crippen LogP contribution < -0.4 is 10.6 Å². The average molecular weight is 276 g/mol. The monoisotopic (exact) mass is 276 g/mol. The number of hydrogen-bond acceptors (Lipinski definition) is 4. The largest absolute Gasteiger partial charge is 0.315 e. The molecular weight excluding hydrogens is 260 g/mol. The Morgan fingerprint density at radius 2 is 2.53 bits per heavy atom. The molecule has 0 saturated carbocycles. The maximum Gasteiger partial charge on any atom is 0.230 e. The summed E-state index contributed by atoms with van der Waals surface area (Å²) in [5, 5.41) is 12.5. The Morgan fingerprint density at radius 3 is 3.26 bits per heavy atom. The molecule has 2 aromatic rings. The van der Waals surface area contributed by atoms with Crippen LogP contribution in [0.15, 0.2) is 29.8 Å². The number of carbonyl (C=O) groups excluding carboxylic acids is 1. The normalized spacial score (nSPS) is 18.6. The maximum atomic E-state index is 11.8. The predicted molar refractivity (Wildman–Crippen MR) is 75.4 cm³/mol. The van der Waals surface area contributed by atoms with Gasteiger partial charge in [0.25, 0.3) is 0 Å². The summed E-state index contributed by atoms with van der Waals surface area (Å²) in [6.07, 6.45) is 3.43. The number of nitrogens with zero attached hydrogens (tertiary/aromatic N) is 2. The highest BCUT2D eigenvalue weighted by molar-refractivity contribution is 7.10. The third-order valence-electron chi connectivity index (χ3n) is 3.20. The van der Waals surface area contributed by atoms with E-state index in [-0.39, 0.29) is 5.91 Å². The fraction of sp³-hybridized carbons (Fsp3) is 0.385. The van der Waals surface area contributed by atoms with Crippen molar-refractivity contribution in [2.45, 2.75) is 18.9 Å². The lowest BCUT2D eigenvalue weighted by Gasteiger charge is -2.08. The molecule has 2 N–H and O–H groups in total. The highest BCUT2D eigenvalue weighted by atomic mass is 32.1. The first-order valence-corrected chi connectivity index (χ1v) is 7.27. The number of aromatic nitrogens is 2. The van der Waals surface area contributed by atoms with Gasteiger partial charge in [0.15, 0.2) is 5.82 Å². The molecule has 2 aromatic heterocycles. The first kappa shape index (κ1) is 12.4. The summed E-state index contributed by atoms with van der Waals surface area (Å²) in [6, 6.07) is 6.18. The van der Waals surface area contributed by atoms with Gasteiger partial charge < -0.3 is 10.6 Å². The van der Waals surface area contributed by atoms with E-state index in [2.05, 4.69) is 15.7 Å². The van der Waals surface area contributed by atoms with Crippen LogP contribution in [-0.4, -0.2) is 28.8 Å². The Kier molecular flexibility index (Phi) is 3.61. The van der Waals surface area contributed by atoms with Gasteiger partial charge in [0.2, 0.25) is 5.91 Å². The minimum Gasteiger partial charge on any atom is -0.315 e. The van der Waals surface area contributed by atoms with Crippen molar-refractivity contribution >= 4 is 23.1 Å². The number of amides is 1. The van der Waals surface area contributed by atoms with Gasteiger partial charge in [0.1, 0.15) is 0 Å². The molecule has 0 aliphatic carbocycles. The molecular formula is C13H16N4OS. The van der Waals surface area contributed by atoms with E-state index in [1.54, 1.807) is 11.3 Å². The van der Waals surface area contributed by atoms with Crippen molar-refractivity contribution < 1.29 is 4.79 Å². The van der Waals surface area contributed by atoms with Gasteiger partial charge in [0, 0.05) is 23.7 Å². The predicted octanol–water partition coefficient (Wildman–Crippen LogP) is 1.66. The molecule has 1 saturated heterocycles. The van der Waals surface area contributed by atoms with Crippen LogP contribution in [0.2, 0.25) is 0 Å². The van der Waals surface area contributed by atoms with Crippen molar-refractivity contribution in [2.75, 3.05) is 18.4 Å². The van der Waals surface area contributed by atoms with E-state index < -0.39 is 0 Å². The summed E-state index contributed by atoms with van der Waals surface area (Å²) in [5.41, 5.74) is 0. The topological polar surface area (TPSA) is 59.0 Å². The molecule has 0 spiro atoms. The fourth-order valence-electron chi connectivity index (χ4n) is 2.23. The standard InChI is InChI=1S/C13H16N4OS/c18-13(8-11-2-1-7-19-11)15-12-4-6-17(16-12)10-3-5-14-9-10/h1-2,4,6-7,10,14H,3,5,8-9H2,(H,15,16,18). The summed E-state index contributed by atoms with van der Waals surface area (Å²) in [7, 11) is 0. The molecule has 1 amide bonds. The number of anilines is 1. The zero-order valence-electron chi connectivity index (χ0n) is 10.5. The zero-order chi connectivity index (χ0) is 13.1. The van der Waals surface area contributed by atoms with Crippen LogP contribution in [0.1, 0.15) is 17.3 Å². The van der Waals surface area contributed by atoms with Crippen molar-refractivity contribution in [3.05, 3.63) is 34.7 Å². The molecule has 100 valence electrons. The van der Waals surface area contributed by atoms with Gasteiger partial charge in [-0.1, -0.05) is 6.07 Å². The summed E-state index contributed by atoms with van der Waals surface area (Å²) >= 11 is 1.59. The van der Waals surface area contributed by atoms with Crippen LogP contribution in [0.5, 0.6) is 0 Å². The zero-order valence-corrected chi connectivity index (χ0v) is 11.3. The molecule has 3 rings (SSSR count). The molecule has 3 heterocycles. The number of thiophene rings is 1. The summed E-state index contributed by atoms with van der Waals surface area (Å²) in [5.74, 6) is 0.616. The molecule has 1 aliphatic rings. The summed E-state index contributed by atoms with van der Waals surface area (Å²) < 4.78 is 1.93. The van der Waals surface area contributed by atoms with Crippen molar-refractivity contribution in [1.82, 2.24) is 15.1 Å². The molecule has 0 aromatic carbocycles. The van der Waals surface area contributed by atoms with Gasteiger partial charge in [-0.05, 0) is 24.4 Å². The van der Waals surface area contributed by atoms with E-state index >= 15 is 0 Å². The minimum atomic E-state index is -0.0164. The number of nitrogens with one attached hydrogen (secondary N) is 2. The van der Waals surface area contributed by atoms with Gasteiger partial charge in [-0.25, -0.2) is 0 Å². The molecule has 19 heavy (non-hydrogen) atoms. The van der Waals surface area contributed by atoms with Crippen LogP contribution in [-0.2, 0) is 11.2 Å². The third kappa shape index (κ3) is 3.02. The Labute approximate surface area is 115 Å². The highest BCUT2D eigenvalue weighted by Crippen LogP contribution is 2.16. The molecule has 1 fully saturated rings. The Bertz CT molecular complexity index is 543. The highest BCUT2D eigenvalue weighted by Gasteiger charge is 2.17. The Hall–Kier alpha value is -1.66. The Balaban J connectivity index is 1.59. The smallest absolute Gasteiger partial charge is 0.230 e. The SMILES string of the molecule is O=C(Cc1cccs1)Nc1ccn(C2CCNC2)n1. The second-order valence-corrected chi connectivity index (χ2v) is 5.66. The second kappa shape index (κ2) is 5.54. The number of carbonyl (C=O) groups is 1. The van der Waals surface area contributed by atoms with E-state index in [1.807, 2.05) is 34.5 Å². The second-order valence-electron chi connectivity index (χ2n) is 4.63. The van der Waals surface area contributed by atoms with Gasteiger partial charge in [-0.15, -0.1) is 11.3 Å². The summed E-state index contributed by atoms with van der Waals surface area (Å²) in [4.78, 5) is 12.9. The molecule has 1 aliphatic heterocycles. The van der Waals surface area contributed by atoms with Crippen LogP contribution >= 0.6 is 11.3 Å². The van der Waals surface area contributed by atoms with Crippen molar-refractivity contribution in [3.63, 3.8) is 0 Å². The van der Waals surface area contributed by atoms with Crippen molar-refractivity contribution in [3.8, 4) is 0 Å². The summed E-state index contributed by atoms with van der Waals surface area (Å²) in [6.45, 7) is 1.98. The van der Waals surface area contributed by atoms with Crippen LogP contribution in [0.4, 0.5) is 5.82 Å². The van der Waals surface area contributed by atoms with Crippen LogP contribution in [0, 0.1) is 0 Å².